The lowest BCUT2D eigenvalue weighted by atomic mass is 9.91. The Labute approximate surface area is 301 Å². The second kappa shape index (κ2) is 11.4. The maximum Gasteiger partial charge on any atom is 0.164 e. The lowest BCUT2D eigenvalue weighted by molar-refractivity contribution is 0.669. The van der Waals surface area contributed by atoms with Crippen molar-refractivity contribution in [1.29, 1.82) is 0 Å². The molecule has 0 saturated heterocycles. The summed E-state index contributed by atoms with van der Waals surface area (Å²) in [6, 6.07) is 52.6. The molecule has 242 valence electrons. The van der Waals surface area contributed by atoms with Crippen LogP contribution in [0.2, 0.25) is 0 Å². The molecule has 6 heteroatoms. The molecule has 4 heterocycles. The first kappa shape index (κ1) is 29.0. The number of aromatic nitrogens is 4. The van der Waals surface area contributed by atoms with Gasteiger partial charge in [0.25, 0.3) is 0 Å². The number of fused-ring (bicyclic) bond motifs is 9. The van der Waals surface area contributed by atoms with Crippen molar-refractivity contribution in [1.82, 2.24) is 19.9 Å². The van der Waals surface area contributed by atoms with Crippen molar-refractivity contribution in [3.8, 4) is 45.3 Å². The lowest BCUT2D eigenvalue weighted by Crippen LogP contribution is -2.01. The summed E-state index contributed by atoms with van der Waals surface area (Å²) in [6.45, 7) is 0. The number of rotatable bonds is 4. The van der Waals surface area contributed by atoms with Gasteiger partial charge in [0, 0.05) is 54.5 Å². The molecule has 4 aromatic heterocycles. The number of hydrogen-bond donors (Lipinski definition) is 0. The molecule has 11 rings (SSSR count). The quantitative estimate of drug-likeness (QED) is 0.185. The Balaban J connectivity index is 1.16. The average Bonchev–Trinajstić information content (AvgIpc) is 3.79. The van der Waals surface area contributed by atoms with Crippen LogP contribution in [0.1, 0.15) is 0 Å². The number of thiophene rings is 1. The van der Waals surface area contributed by atoms with Gasteiger partial charge >= 0.3 is 0 Å². The monoisotopic (exact) mass is 682 g/mol. The van der Waals surface area contributed by atoms with E-state index in [2.05, 4.69) is 84.9 Å². The van der Waals surface area contributed by atoms with Crippen LogP contribution in [0.3, 0.4) is 0 Å². The summed E-state index contributed by atoms with van der Waals surface area (Å²) >= 11 is 1.76. The van der Waals surface area contributed by atoms with Crippen molar-refractivity contribution in [2.45, 2.75) is 0 Å². The number of furan rings is 1. The number of nitrogens with zero attached hydrogens (tertiary/aromatic N) is 4. The van der Waals surface area contributed by atoms with E-state index in [1.54, 1.807) is 11.3 Å². The topological polar surface area (TPSA) is 64.7 Å². The van der Waals surface area contributed by atoms with Gasteiger partial charge in [0.1, 0.15) is 16.0 Å². The van der Waals surface area contributed by atoms with Gasteiger partial charge < -0.3 is 4.42 Å². The van der Waals surface area contributed by atoms with Gasteiger partial charge in [0.2, 0.25) is 0 Å². The molecule has 0 spiro atoms. The number of pyridine rings is 1. The molecule has 0 unspecified atom stereocenters. The highest BCUT2D eigenvalue weighted by atomic mass is 32.1. The summed E-state index contributed by atoms with van der Waals surface area (Å²) in [6.07, 6.45) is 1.88. The van der Waals surface area contributed by atoms with Crippen molar-refractivity contribution in [3.63, 3.8) is 0 Å². The zero-order valence-corrected chi connectivity index (χ0v) is 28.4. The minimum atomic E-state index is 0.601. The minimum absolute atomic E-state index is 0.601. The van der Waals surface area contributed by atoms with Crippen LogP contribution in [0.4, 0.5) is 0 Å². The summed E-state index contributed by atoms with van der Waals surface area (Å²) in [5.74, 6) is 1.84. The molecule has 0 amide bonds. The molecular formula is C46H26N4OS. The van der Waals surface area contributed by atoms with Gasteiger partial charge in [-0.05, 0) is 51.6 Å². The molecule has 11 aromatic rings. The van der Waals surface area contributed by atoms with E-state index in [9.17, 15) is 0 Å². The molecule has 52 heavy (non-hydrogen) atoms. The first-order chi connectivity index (χ1) is 25.8. The number of para-hydroxylation sites is 1. The first-order valence-electron chi connectivity index (χ1n) is 17.2. The van der Waals surface area contributed by atoms with Gasteiger partial charge in [-0.25, -0.2) is 19.9 Å². The van der Waals surface area contributed by atoms with E-state index in [0.29, 0.717) is 17.5 Å². The Bertz CT molecular complexity index is 3200. The predicted molar refractivity (Wildman–Crippen MR) is 215 cm³/mol. The molecule has 0 aliphatic rings. The third kappa shape index (κ3) is 4.41. The normalized spacial score (nSPS) is 11.8. The predicted octanol–water partition coefficient (Wildman–Crippen LogP) is 12.5. The molecule has 0 aliphatic heterocycles. The molecule has 0 fully saturated rings. The third-order valence-corrected chi connectivity index (χ3v) is 11.2. The fraction of sp³-hybridized carbons (Fsp3) is 0. The molecular weight excluding hydrogens is 657 g/mol. The largest absolute Gasteiger partial charge is 0.456 e. The van der Waals surface area contributed by atoms with Crippen LogP contribution in [0.5, 0.6) is 0 Å². The van der Waals surface area contributed by atoms with Crippen LogP contribution in [0.25, 0.3) is 109 Å². The van der Waals surface area contributed by atoms with Gasteiger partial charge in [-0.15, -0.1) is 11.3 Å². The van der Waals surface area contributed by atoms with Crippen LogP contribution >= 0.6 is 11.3 Å². The summed E-state index contributed by atoms with van der Waals surface area (Å²) in [5.41, 5.74) is 6.77. The fourth-order valence-corrected chi connectivity index (χ4v) is 8.91. The molecule has 0 N–H and O–H groups in total. The lowest BCUT2D eigenvalue weighted by Gasteiger charge is -2.14. The summed E-state index contributed by atoms with van der Waals surface area (Å²) in [5, 5.41) is 9.12. The Morgan fingerprint density at radius 3 is 1.96 bits per heavy atom. The summed E-state index contributed by atoms with van der Waals surface area (Å²) < 4.78 is 7.51. The van der Waals surface area contributed by atoms with Gasteiger partial charge in [-0.2, -0.15) is 0 Å². The molecule has 5 nitrogen and oxygen atoms in total. The van der Waals surface area contributed by atoms with Crippen LogP contribution in [-0.4, -0.2) is 19.9 Å². The van der Waals surface area contributed by atoms with E-state index < -0.39 is 0 Å². The van der Waals surface area contributed by atoms with Crippen molar-refractivity contribution < 1.29 is 4.42 Å². The van der Waals surface area contributed by atoms with E-state index in [1.807, 2.05) is 72.9 Å². The van der Waals surface area contributed by atoms with Gasteiger partial charge in [0.15, 0.2) is 17.5 Å². The Kier molecular flexibility index (Phi) is 6.35. The standard InChI is InChI=1S/C46H26N4OS/c1-2-11-28(12-3-1)43-48-44(50-45(49-43)37-20-9-23-39-41(37)36-14-4-5-22-38(36)51-39)34-19-8-15-29-30(16-7-17-31(29)34)32-18-6-13-27-24-25-33-35-21-10-26-47-46(35)52-42(33)40(27)32/h1-26H. The second-order valence-electron chi connectivity index (χ2n) is 13.0. The van der Waals surface area contributed by atoms with Gasteiger partial charge in [0.05, 0.1) is 0 Å². The van der Waals surface area contributed by atoms with Crippen molar-refractivity contribution in [2.75, 3.05) is 0 Å². The van der Waals surface area contributed by atoms with E-state index in [4.69, 9.17) is 24.4 Å². The molecule has 7 aromatic carbocycles. The highest BCUT2D eigenvalue weighted by Gasteiger charge is 2.20. The zero-order valence-electron chi connectivity index (χ0n) is 27.6. The third-order valence-electron chi connectivity index (χ3n) is 10.0. The molecule has 0 aliphatic carbocycles. The van der Waals surface area contributed by atoms with Crippen molar-refractivity contribution in [2.24, 2.45) is 0 Å². The van der Waals surface area contributed by atoms with Gasteiger partial charge in [-0.3, -0.25) is 0 Å². The van der Waals surface area contributed by atoms with Gasteiger partial charge in [-0.1, -0.05) is 127 Å². The Morgan fingerprint density at radius 2 is 1.06 bits per heavy atom. The number of benzene rings is 7. The van der Waals surface area contributed by atoms with Crippen molar-refractivity contribution >= 4 is 75.1 Å². The Hall–Kier alpha value is -6.76. The summed E-state index contributed by atoms with van der Waals surface area (Å²) in [7, 11) is 0. The van der Waals surface area contributed by atoms with E-state index in [0.717, 1.165) is 59.8 Å². The maximum atomic E-state index is 6.26. The zero-order chi connectivity index (χ0) is 34.2. The second-order valence-corrected chi connectivity index (χ2v) is 14.0. The SMILES string of the molecule is c1ccc(-c2nc(-c3cccc4c(-c5cccc6ccc7c8cccnc8sc7c56)cccc34)nc(-c3cccc4oc5ccccc5c34)n2)cc1. The van der Waals surface area contributed by atoms with E-state index in [-0.39, 0.29) is 0 Å². The highest BCUT2D eigenvalue weighted by molar-refractivity contribution is 7.26. The van der Waals surface area contributed by atoms with Crippen LogP contribution in [0, 0.1) is 0 Å². The first-order valence-corrected chi connectivity index (χ1v) is 18.0. The smallest absolute Gasteiger partial charge is 0.164 e. The van der Waals surface area contributed by atoms with Crippen LogP contribution in [-0.2, 0) is 0 Å². The highest BCUT2D eigenvalue weighted by Crippen LogP contribution is 2.44. The van der Waals surface area contributed by atoms with E-state index in [1.165, 1.54) is 31.8 Å². The number of hydrogen-bond acceptors (Lipinski definition) is 6. The average molecular weight is 683 g/mol. The minimum Gasteiger partial charge on any atom is -0.456 e. The molecule has 0 atom stereocenters. The van der Waals surface area contributed by atoms with E-state index >= 15 is 0 Å². The fourth-order valence-electron chi connectivity index (χ4n) is 7.70. The molecule has 0 bridgehead atoms. The summed E-state index contributed by atoms with van der Waals surface area (Å²) in [4.78, 5) is 21.2. The van der Waals surface area contributed by atoms with Crippen molar-refractivity contribution in [3.05, 3.63) is 158 Å². The van der Waals surface area contributed by atoms with Crippen LogP contribution in [0.15, 0.2) is 162 Å². The Morgan fingerprint density at radius 1 is 0.404 bits per heavy atom. The van der Waals surface area contributed by atoms with Crippen LogP contribution < -0.4 is 0 Å². The molecule has 0 saturated carbocycles. The maximum absolute atomic E-state index is 6.26. The molecule has 0 radical (unpaired) electrons.